The SMILES string of the molecule is CC(C)C(NC(=O)CNC(=O)C(Cc1c[nH]c2ccccc12)NC(=O)C(N)CCCN=C(N)N)C(=O)O. The van der Waals surface area contributed by atoms with E-state index in [1.165, 1.54) is 0 Å². The summed E-state index contributed by atoms with van der Waals surface area (Å²) in [5, 5.41) is 17.7. The number of hydrogen-bond acceptors (Lipinski definition) is 6. The van der Waals surface area contributed by atoms with Crippen molar-refractivity contribution in [2.24, 2.45) is 28.1 Å². The number of guanidine groups is 1. The summed E-state index contributed by atoms with van der Waals surface area (Å²) >= 11 is 0. The topological polar surface area (TPSA) is 231 Å². The number of carbonyl (C=O) groups is 4. The molecule has 0 bridgehead atoms. The molecule has 0 fully saturated rings. The lowest BCUT2D eigenvalue weighted by atomic mass is 10.0. The molecule has 0 aliphatic rings. The van der Waals surface area contributed by atoms with Crippen molar-refractivity contribution in [2.45, 2.75) is 51.2 Å². The van der Waals surface area contributed by atoms with E-state index in [1.54, 1.807) is 20.0 Å². The predicted octanol–water partition coefficient (Wildman–Crippen LogP) is -1.08. The maximum Gasteiger partial charge on any atom is 0.326 e. The first-order valence-corrected chi connectivity index (χ1v) is 12.0. The minimum absolute atomic E-state index is 0.0550. The van der Waals surface area contributed by atoms with Gasteiger partial charge in [0.15, 0.2) is 5.96 Å². The van der Waals surface area contributed by atoms with E-state index in [0.717, 1.165) is 16.5 Å². The molecule has 0 saturated heterocycles. The quantitative estimate of drug-likeness (QED) is 0.0871. The molecule has 0 radical (unpaired) electrons. The number of hydrogen-bond donors (Lipinski definition) is 8. The molecule has 202 valence electrons. The Bertz CT molecular complexity index is 1130. The Balaban J connectivity index is 2.09. The van der Waals surface area contributed by atoms with Gasteiger partial charge in [0.25, 0.3) is 0 Å². The van der Waals surface area contributed by atoms with E-state index in [2.05, 4.69) is 25.9 Å². The van der Waals surface area contributed by atoms with Gasteiger partial charge < -0.3 is 43.2 Å². The van der Waals surface area contributed by atoms with Crippen molar-refractivity contribution in [1.82, 2.24) is 20.9 Å². The molecule has 37 heavy (non-hydrogen) atoms. The van der Waals surface area contributed by atoms with Gasteiger partial charge in [-0.15, -0.1) is 0 Å². The molecule has 3 amide bonds. The maximum atomic E-state index is 13.0. The Morgan fingerprint density at radius 1 is 1.08 bits per heavy atom. The first-order chi connectivity index (χ1) is 17.5. The third kappa shape index (κ3) is 9.11. The molecule has 3 unspecified atom stereocenters. The van der Waals surface area contributed by atoms with Crippen LogP contribution in [0.15, 0.2) is 35.5 Å². The van der Waals surface area contributed by atoms with Crippen LogP contribution in [0, 0.1) is 5.92 Å². The number of aromatic amines is 1. The number of H-pyrrole nitrogens is 1. The summed E-state index contributed by atoms with van der Waals surface area (Å²) in [7, 11) is 0. The second-order valence-electron chi connectivity index (χ2n) is 9.03. The highest BCUT2D eigenvalue weighted by Gasteiger charge is 2.27. The number of nitrogens with two attached hydrogens (primary N) is 3. The minimum Gasteiger partial charge on any atom is -0.480 e. The first kappa shape index (κ1) is 29.1. The summed E-state index contributed by atoms with van der Waals surface area (Å²) in [5.41, 5.74) is 18.2. The Kier molecular flexibility index (Phi) is 10.9. The van der Waals surface area contributed by atoms with E-state index in [-0.39, 0.29) is 24.7 Å². The largest absolute Gasteiger partial charge is 0.480 e. The Labute approximate surface area is 214 Å². The third-order valence-corrected chi connectivity index (χ3v) is 5.71. The number of carbonyl (C=O) groups excluding carboxylic acids is 3. The van der Waals surface area contributed by atoms with Crippen molar-refractivity contribution in [1.29, 1.82) is 0 Å². The number of nitrogens with one attached hydrogen (secondary N) is 4. The lowest BCUT2D eigenvalue weighted by molar-refractivity contribution is -0.143. The number of benzene rings is 1. The van der Waals surface area contributed by atoms with Gasteiger partial charge in [0.1, 0.15) is 12.1 Å². The fourth-order valence-electron chi connectivity index (χ4n) is 3.69. The van der Waals surface area contributed by atoms with E-state index >= 15 is 0 Å². The van der Waals surface area contributed by atoms with Crippen LogP contribution in [-0.4, -0.2) is 71.0 Å². The monoisotopic (exact) mass is 516 g/mol. The zero-order valence-corrected chi connectivity index (χ0v) is 21.0. The fraction of sp³-hybridized carbons (Fsp3) is 0.458. The summed E-state index contributed by atoms with van der Waals surface area (Å²) in [4.78, 5) is 56.4. The maximum absolute atomic E-state index is 13.0. The molecule has 13 nitrogen and oxygen atoms in total. The van der Waals surface area contributed by atoms with Crippen molar-refractivity contribution in [3.8, 4) is 0 Å². The van der Waals surface area contributed by atoms with Gasteiger partial charge in [-0.25, -0.2) is 4.79 Å². The van der Waals surface area contributed by atoms with E-state index in [0.29, 0.717) is 13.0 Å². The van der Waals surface area contributed by atoms with Crippen LogP contribution in [0.2, 0.25) is 0 Å². The average molecular weight is 517 g/mol. The Hall–Kier alpha value is -4.13. The number of fused-ring (bicyclic) bond motifs is 1. The van der Waals surface area contributed by atoms with Crippen LogP contribution in [0.4, 0.5) is 0 Å². The number of carboxylic acid groups (broad SMARTS) is 1. The molecule has 0 spiro atoms. The van der Waals surface area contributed by atoms with E-state index in [1.807, 2.05) is 24.3 Å². The van der Waals surface area contributed by atoms with Crippen LogP contribution in [0.25, 0.3) is 10.9 Å². The van der Waals surface area contributed by atoms with Crippen LogP contribution < -0.4 is 33.2 Å². The van der Waals surface area contributed by atoms with Crippen molar-refractivity contribution in [2.75, 3.05) is 13.1 Å². The molecular weight excluding hydrogens is 480 g/mol. The number of nitrogens with zero attached hydrogens (tertiary/aromatic N) is 1. The molecule has 1 aromatic carbocycles. The highest BCUT2D eigenvalue weighted by molar-refractivity contribution is 5.93. The molecule has 1 heterocycles. The van der Waals surface area contributed by atoms with Gasteiger partial charge in [0, 0.05) is 30.1 Å². The van der Waals surface area contributed by atoms with E-state index in [9.17, 15) is 24.3 Å². The van der Waals surface area contributed by atoms with Crippen molar-refractivity contribution < 1.29 is 24.3 Å². The van der Waals surface area contributed by atoms with Crippen LogP contribution in [0.3, 0.4) is 0 Å². The molecule has 2 aromatic rings. The molecule has 1 aromatic heterocycles. The number of rotatable bonds is 14. The zero-order valence-electron chi connectivity index (χ0n) is 21.0. The second-order valence-corrected chi connectivity index (χ2v) is 9.03. The highest BCUT2D eigenvalue weighted by atomic mass is 16.4. The lowest BCUT2D eigenvalue weighted by Gasteiger charge is -2.21. The number of aliphatic carboxylic acids is 1. The summed E-state index contributed by atoms with van der Waals surface area (Å²) in [6, 6.07) is 4.47. The molecule has 13 heteroatoms. The van der Waals surface area contributed by atoms with Gasteiger partial charge in [-0.1, -0.05) is 32.0 Å². The summed E-state index contributed by atoms with van der Waals surface area (Å²) in [6.07, 6.45) is 2.64. The Morgan fingerprint density at radius 3 is 2.43 bits per heavy atom. The Morgan fingerprint density at radius 2 is 1.78 bits per heavy atom. The fourth-order valence-corrected chi connectivity index (χ4v) is 3.69. The molecule has 2 rings (SSSR count). The number of amides is 3. The van der Waals surface area contributed by atoms with Gasteiger partial charge in [-0.05, 0) is 30.4 Å². The molecular formula is C24H36N8O5. The lowest BCUT2D eigenvalue weighted by Crippen LogP contribution is -2.54. The molecule has 0 saturated carbocycles. The molecule has 0 aliphatic heterocycles. The highest BCUT2D eigenvalue weighted by Crippen LogP contribution is 2.19. The van der Waals surface area contributed by atoms with Crippen molar-refractivity contribution in [3.63, 3.8) is 0 Å². The number of carboxylic acids is 1. The van der Waals surface area contributed by atoms with Crippen LogP contribution in [0.5, 0.6) is 0 Å². The first-order valence-electron chi connectivity index (χ1n) is 12.0. The third-order valence-electron chi connectivity index (χ3n) is 5.71. The second kappa shape index (κ2) is 13.8. The van der Waals surface area contributed by atoms with Crippen molar-refractivity contribution in [3.05, 3.63) is 36.0 Å². The summed E-state index contributed by atoms with van der Waals surface area (Å²) in [5.74, 6) is -3.39. The number of aliphatic imine (C=N–C) groups is 1. The predicted molar refractivity (Wildman–Crippen MR) is 139 cm³/mol. The van der Waals surface area contributed by atoms with Gasteiger partial charge in [0.2, 0.25) is 17.7 Å². The van der Waals surface area contributed by atoms with Crippen molar-refractivity contribution >= 4 is 40.6 Å². The van der Waals surface area contributed by atoms with Gasteiger partial charge >= 0.3 is 5.97 Å². The molecule has 0 aliphatic carbocycles. The van der Waals surface area contributed by atoms with Crippen LogP contribution >= 0.6 is 0 Å². The summed E-state index contributed by atoms with van der Waals surface area (Å²) in [6.45, 7) is 3.17. The van der Waals surface area contributed by atoms with E-state index in [4.69, 9.17) is 17.2 Å². The van der Waals surface area contributed by atoms with E-state index < -0.39 is 48.4 Å². The minimum atomic E-state index is -1.17. The number of aromatic nitrogens is 1. The normalized spacial score (nSPS) is 13.4. The summed E-state index contributed by atoms with van der Waals surface area (Å²) < 4.78 is 0. The molecule has 3 atom stereocenters. The smallest absolute Gasteiger partial charge is 0.326 e. The van der Waals surface area contributed by atoms with Gasteiger partial charge in [-0.2, -0.15) is 0 Å². The van der Waals surface area contributed by atoms with Gasteiger partial charge in [0.05, 0.1) is 12.6 Å². The number of para-hydroxylation sites is 1. The van der Waals surface area contributed by atoms with Gasteiger partial charge in [-0.3, -0.25) is 19.4 Å². The van der Waals surface area contributed by atoms with Crippen LogP contribution in [0.1, 0.15) is 32.3 Å². The zero-order chi connectivity index (χ0) is 27.5. The average Bonchev–Trinajstić information content (AvgIpc) is 3.25. The van der Waals surface area contributed by atoms with Crippen LogP contribution in [-0.2, 0) is 25.6 Å². The molecule has 11 N–H and O–H groups in total. The standard InChI is InChI=1S/C24H36N8O5/c1-13(2)20(23(36)37)32-19(33)12-30-22(35)18(10-14-11-29-17-8-4-3-6-15(14)17)31-21(34)16(25)7-5-9-28-24(26)27/h3-4,6,8,11,13,16,18,20,29H,5,7,9-10,12,25H2,1-2H3,(H,30,35)(H,31,34)(H,32,33)(H,36,37)(H4,26,27,28).